The van der Waals surface area contributed by atoms with Crippen molar-refractivity contribution in [3.63, 3.8) is 0 Å². The summed E-state index contributed by atoms with van der Waals surface area (Å²) in [5.74, 6) is 0.763. The van der Waals surface area contributed by atoms with Gasteiger partial charge in [-0.1, -0.05) is 30.9 Å². The van der Waals surface area contributed by atoms with Gasteiger partial charge in [0.15, 0.2) is 5.82 Å². The van der Waals surface area contributed by atoms with Crippen LogP contribution >= 0.6 is 0 Å². The highest BCUT2D eigenvalue weighted by atomic mass is 16.4. The number of H-pyrrole nitrogens is 1. The zero-order valence-corrected chi connectivity index (χ0v) is 11.0. The topological polar surface area (TPSA) is 118 Å². The van der Waals surface area contributed by atoms with Crippen LogP contribution in [-0.2, 0) is 11.2 Å². The van der Waals surface area contributed by atoms with Crippen molar-refractivity contribution in [3.05, 3.63) is 5.82 Å². The van der Waals surface area contributed by atoms with Gasteiger partial charge >= 0.3 is 5.97 Å². The van der Waals surface area contributed by atoms with Gasteiger partial charge in [0.1, 0.15) is 6.04 Å². The Labute approximate surface area is 112 Å². The van der Waals surface area contributed by atoms with Gasteiger partial charge in [-0.05, 0) is 24.7 Å². The number of carbonyl (C=O) groups is 1. The van der Waals surface area contributed by atoms with Crippen molar-refractivity contribution < 1.29 is 9.90 Å². The van der Waals surface area contributed by atoms with Gasteiger partial charge in [-0.3, -0.25) is 4.79 Å². The number of hydrogen-bond donors (Lipinski definition) is 3. The number of nitrogens with one attached hydrogen (secondary N) is 1. The van der Waals surface area contributed by atoms with Crippen molar-refractivity contribution in [1.82, 2.24) is 20.6 Å². The third kappa shape index (κ3) is 3.99. The van der Waals surface area contributed by atoms with Crippen LogP contribution in [0.25, 0.3) is 0 Å². The van der Waals surface area contributed by atoms with Crippen molar-refractivity contribution in [1.29, 1.82) is 0 Å². The van der Waals surface area contributed by atoms with E-state index in [1.54, 1.807) is 0 Å². The number of rotatable bonds is 6. The van der Waals surface area contributed by atoms with Gasteiger partial charge < -0.3 is 10.8 Å². The van der Waals surface area contributed by atoms with Crippen LogP contribution < -0.4 is 5.73 Å². The van der Waals surface area contributed by atoms with E-state index < -0.39 is 12.0 Å². The van der Waals surface area contributed by atoms with Crippen molar-refractivity contribution in [2.45, 2.75) is 51.0 Å². The Bertz CT molecular complexity index is 395. The lowest BCUT2D eigenvalue weighted by Crippen LogP contribution is -2.35. The predicted octanol–water partition coefficient (Wildman–Crippen LogP) is 0.741. The molecule has 19 heavy (non-hydrogen) atoms. The Kier molecular flexibility index (Phi) is 4.84. The number of aryl methyl sites for hydroxylation is 1. The number of hydrogen-bond acceptors (Lipinski definition) is 5. The maximum absolute atomic E-state index is 10.9. The number of tetrazole rings is 1. The van der Waals surface area contributed by atoms with E-state index in [2.05, 4.69) is 20.6 Å². The summed E-state index contributed by atoms with van der Waals surface area (Å²) >= 11 is 0. The van der Waals surface area contributed by atoms with Crippen molar-refractivity contribution in [3.8, 4) is 0 Å². The highest BCUT2D eigenvalue weighted by molar-refractivity contribution is 5.73. The lowest BCUT2D eigenvalue weighted by atomic mass is 9.74. The van der Waals surface area contributed by atoms with Crippen LogP contribution in [0.15, 0.2) is 0 Å². The average molecular weight is 267 g/mol. The Balaban J connectivity index is 1.86. The zero-order chi connectivity index (χ0) is 13.7. The molecule has 1 aliphatic rings. The minimum Gasteiger partial charge on any atom is -0.480 e. The molecule has 3 atom stereocenters. The van der Waals surface area contributed by atoms with Crippen LogP contribution in [0.3, 0.4) is 0 Å². The number of carboxylic acids is 1. The van der Waals surface area contributed by atoms with Crippen LogP contribution in [0.2, 0.25) is 0 Å². The molecule has 7 heteroatoms. The summed E-state index contributed by atoms with van der Waals surface area (Å²) in [6.07, 6.45) is 6.97. The van der Waals surface area contributed by atoms with Gasteiger partial charge in [0.25, 0.3) is 0 Å². The van der Waals surface area contributed by atoms with E-state index in [0.29, 0.717) is 18.3 Å². The molecule has 0 bridgehead atoms. The Morgan fingerprint density at radius 3 is 2.79 bits per heavy atom. The third-order valence-corrected chi connectivity index (χ3v) is 4.07. The molecule has 2 unspecified atom stereocenters. The largest absolute Gasteiger partial charge is 0.480 e. The highest BCUT2D eigenvalue weighted by Crippen LogP contribution is 2.35. The minimum atomic E-state index is -0.900. The van der Waals surface area contributed by atoms with E-state index in [0.717, 1.165) is 31.5 Å². The fourth-order valence-corrected chi connectivity index (χ4v) is 3.00. The van der Waals surface area contributed by atoms with Crippen LogP contribution in [0.5, 0.6) is 0 Å². The molecule has 1 fully saturated rings. The monoisotopic (exact) mass is 267 g/mol. The zero-order valence-electron chi connectivity index (χ0n) is 11.0. The van der Waals surface area contributed by atoms with Crippen molar-refractivity contribution in [2.75, 3.05) is 0 Å². The third-order valence-electron chi connectivity index (χ3n) is 4.07. The summed E-state index contributed by atoms with van der Waals surface area (Å²) in [4.78, 5) is 10.9. The van der Waals surface area contributed by atoms with Crippen LogP contribution in [0, 0.1) is 11.8 Å². The first-order valence-electron chi connectivity index (χ1n) is 6.87. The van der Waals surface area contributed by atoms with E-state index in [-0.39, 0.29) is 0 Å². The van der Waals surface area contributed by atoms with Crippen LogP contribution in [0.4, 0.5) is 0 Å². The molecule has 7 nitrogen and oxygen atoms in total. The van der Waals surface area contributed by atoms with E-state index in [4.69, 9.17) is 10.8 Å². The maximum atomic E-state index is 10.9. The van der Waals surface area contributed by atoms with E-state index in [1.807, 2.05) is 0 Å². The van der Waals surface area contributed by atoms with Gasteiger partial charge in [0.2, 0.25) is 0 Å². The fourth-order valence-electron chi connectivity index (χ4n) is 3.00. The number of nitrogens with zero attached hydrogens (tertiary/aromatic N) is 3. The molecular weight excluding hydrogens is 246 g/mol. The Morgan fingerprint density at radius 2 is 2.16 bits per heavy atom. The first-order valence-corrected chi connectivity index (χ1v) is 6.87. The molecule has 4 N–H and O–H groups in total. The second-order valence-corrected chi connectivity index (χ2v) is 5.35. The first-order chi connectivity index (χ1) is 9.16. The van der Waals surface area contributed by atoms with Gasteiger partial charge in [-0.2, -0.15) is 5.21 Å². The molecule has 0 aromatic carbocycles. The molecule has 1 aromatic heterocycles. The predicted molar refractivity (Wildman–Crippen MR) is 68.2 cm³/mol. The second kappa shape index (κ2) is 6.60. The molecule has 0 aliphatic heterocycles. The summed E-state index contributed by atoms with van der Waals surface area (Å²) in [5.41, 5.74) is 5.66. The normalized spacial score (nSPS) is 25.1. The average Bonchev–Trinajstić information content (AvgIpc) is 2.90. The fraction of sp³-hybridized carbons (Fsp3) is 0.833. The molecule has 0 amide bonds. The lowest BCUT2D eigenvalue weighted by molar-refractivity contribution is -0.139. The Morgan fingerprint density at radius 1 is 1.42 bits per heavy atom. The standard InChI is InChI=1S/C12H21N5O2/c13-10(12(18)19)7-9-4-2-1-3-8(9)5-6-11-14-16-17-15-11/h8-10H,1-7,13H2,(H,18,19)(H,14,15,16,17)/t8?,9?,10-/m0/s1. The van der Waals surface area contributed by atoms with E-state index in [9.17, 15) is 4.79 Å². The van der Waals surface area contributed by atoms with Gasteiger partial charge in [-0.15, -0.1) is 10.2 Å². The molecule has 1 aliphatic carbocycles. The van der Waals surface area contributed by atoms with Gasteiger partial charge in [0.05, 0.1) is 0 Å². The molecule has 106 valence electrons. The van der Waals surface area contributed by atoms with E-state index in [1.165, 1.54) is 12.8 Å². The number of carboxylic acid groups (broad SMARTS) is 1. The molecule has 1 heterocycles. The van der Waals surface area contributed by atoms with Gasteiger partial charge in [-0.25, -0.2) is 0 Å². The first kappa shape index (κ1) is 13.9. The van der Waals surface area contributed by atoms with Crippen molar-refractivity contribution in [2.24, 2.45) is 17.6 Å². The second-order valence-electron chi connectivity index (χ2n) is 5.35. The number of aliphatic carboxylic acids is 1. The summed E-state index contributed by atoms with van der Waals surface area (Å²) in [5, 5.41) is 22.8. The van der Waals surface area contributed by atoms with Crippen molar-refractivity contribution >= 4 is 5.97 Å². The number of aromatic nitrogens is 4. The molecule has 1 saturated carbocycles. The van der Waals surface area contributed by atoms with Crippen LogP contribution in [-0.4, -0.2) is 37.7 Å². The van der Waals surface area contributed by atoms with Gasteiger partial charge in [0, 0.05) is 6.42 Å². The minimum absolute atomic E-state index is 0.409. The SMILES string of the molecule is N[C@@H](CC1CCCCC1CCc1nn[nH]n1)C(=O)O. The molecule has 0 saturated heterocycles. The smallest absolute Gasteiger partial charge is 0.320 e. The summed E-state index contributed by atoms with van der Waals surface area (Å²) < 4.78 is 0. The molecular formula is C12H21N5O2. The quantitative estimate of drug-likeness (QED) is 0.699. The summed E-state index contributed by atoms with van der Waals surface area (Å²) in [6.45, 7) is 0. The summed E-state index contributed by atoms with van der Waals surface area (Å²) in [7, 11) is 0. The van der Waals surface area contributed by atoms with E-state index >= 15 is 0 Å². The molecule has 2 rings (SSSR count). The summed E-state index contributed by atoms with van der Waals surface area (Å²) in [6, 6.07) is -0.740. The molecule has 0 spiro atoms. The van der Waals surface area contributed by atoms with Crippen LogP contribution in [0.1, 0.15) is 44.3 Å². The number of aromatic amines is 1. The Hall–Kier alpha value is -1.50. The highest BCUT2D eigenvalue weighted by Gasteiger charge is 2.28. The number of nitrogens with two attached hydrogens (primary N) is 1. The molecule has 1 aromatic rings. The lowest BCUT2D eigenvalue weighted by Gasteiger charge is -2.32. The molecule has 0 radical (unpaired) electrons. The maximum Gasteiger partial charge on any atom is 0.320 e.